The van der Waals surface area contributed by atoms with Crippen molar-refractivity contribution < 1.29 is 14.7 Å². The van der Waals surface area contributed by atoms with Gasteiger partial charge in [-0.2, -0.15) is 0 Å². The van der Waals surface area contributed by atoms with E-state index in [0.717, 1.165) is 23.5 Å². The molecule has 2 unspecified atom stereocenters. The van der Waals surface area contributed by atoms with E-state index in [4.69, 9.17) is 5.11 Å². The van der Waals surface area contributed by atoms with Crippen LogP contribution in [-0.2, 0) is 16.1 Å². The number of carboxylic acids is 1. The normalized spacial score (nSPS) is 21.1. The zero-order valence-corrected chi connectivity index (χ0v) is 11.4. The van der Waals surface area contributed by atoms with E-state index in [2.05, 4.69) is 10.3 Å². The molecule has 114 valence electrons. The lowest BCUT2D eigenvalue weighted by Gasteiger charge is -2.16. The average Bonchev–Trinajstić information content (AvgIpc) is 2.88. The number of H-pyrrole nitrogens is 1. The predicted molar refractivity (Wildman–Crippen MR) is 72.8 cm³/mol. The highest BCUT2D eigenvalue weighted by Crippen LogP contribution is 2.31. The third-order valence-electron chi connectivity index (χ3n) is 3.75. The third kappa shape index (κ3) is 3.80. The molecular weight excluding hydrogens is 278 g/mol. The maximum absolute atomic E-state index is 11.8. The lowest BCUT2D eigenvalue weighted by Crippen LogP contribution is -2.38. The number of hydrogen-bond donors (Lipinski definition) is 3. The monoisotopic (exact) mass is 295 g/mol. The molecule has 0 radical (unpaired) electrons. The van der Waals surface area contributed by atoms with Gasteiger partial charge in [0.1, 0.15) is 6.54 Å². The third-order valence-corrected chi connectivity index (χ3v) is 3.75. The van der Waals surface area contributed by atoms with Crippen molar-refractivity contribution in [1.29, 1.82) is 0 Å². The van der Waals surface area contributed by atoms with Crippen LogP contribution in [0.4, 0.5) is 0 Å². The van der Waals surface area contributed by atoms with E-state index in [9.17, 15) is 19.2 Å². The van der Waals surface area contributed by atoms with E-state index in [1.807, 2.05) is 0 Å². The van der Waals surface area contributed by atoms with Crippen LogP contribution in [0.5, 0.6) is 0 Å². The molecular formula is C13H17N3O5. The SMILES string of the molecule is O=C(Cn1ccc(=O)[nH]c1=O)NCC1CCCC1C(=O)O. The Morgan fingerprint density at radius 1 is 1.38 bits per heavy atom. The van der Waals surface area contributed by atoms with Crippen molar-refractivity contribution >= 4 is 11.9 Å². The van der Waals surface area contributed by atoms with Crippen molar-refractivity contribution in [3.8, 4) is 0 Å². The summed E-state index contributed by atoms with van der Waals surface area (Å²) in [6.45, 7) is 0.0774. The number of aromatic amines is 1. The van der Waals surface area contributed by atoms with Gasteiger partial charge in [0.05, 0.1) is 5.92 Å². The van der Waals surface area contributed by atoms with Crippen LogP contribution in [0.3, 0.4) is 0 Å². The van der Waals surface area contributed by atoms with Crippen molar-refractivity contribution in [1.82, 2.24) is 14.9 Å². The van der Waals surface area contributed by atoms with E-state index >= 15 is 0 Å². The van der Waals surface area contributed by atoms with Crippen LogP contribution < -0.4 is 16.6 Å². The van der Waals surface area contributed by atoms with E-state index in [1.54, 1.807) is 0 Å². The van der Waals surface area contributed by atoms with Crippen LogP contribution in [-0.4, -0.2) is 33.1 Å². The number of nitrogens with zero attached hydrogens (tertiary/aromatic N) is 1. The number of hydrogen-bond acceptors (Lipinski definition) is 4. The van der Waals surface area contributed by atoms with Crippen LogP contribution in [0.25, 0.3) is 0 Å². The summed E-state index contributed by atoms with van der Waals surface area (Å²) in [5.41, 5.74) is -1.17. The Hall–Kier alpha value is -2.38. The molecule has 8 heteroatoms. The number of amides is 1. The fraction of sp³-hybridized carbons (Fsp3) is 0.538. The average molecular weight is 295 g/mol. The molecule has 21 heavy (non-hydrogen) atoms. The van der Waals surface area contributed by atoms with Gasteiger partial charge < -0.3 is 10.4 Å². The molecule has 1 aromatic rings. The number of carbonyl (C=O) groups excluding carboxylic acids is 1. The molecule has 0 bridgehead atoms. The minimum Gasteiger partial charge on any atom is -0.481 e. The highest BCUT2D eigenvalue weighted by atomic mass is 16.4. The van der Waals surface area contributed by atoms with E-state index in [1.165, 1.54) is 6.20 Å². The number of aliphatic carboxylic acids is 1. The number of carboxylic acid groups (broad SMARTS) is 1. The lowest BCUT2D eigenvalue weighted by atomic mass is 9.96. The van der Waals surface area contributed by atoms with E-state index in [-0.39, 0.29) is 24.9 Å². The summed E-state index contributed by atoms with van der Waals surface area (Å²) < 4.78 is 1.08. The van der Waals surface area contributed by atoms with Crippen molar-refractivity contribution in [2.45, 2.75) is 25.8 Å². The number of carbonyl (C=O) groups is 2. The molecule has 1 aliphatic rings. The summed E-state index contributed by atoms with van der Waals surface area (Å²) in [5, 5.41) is 11.7. The number of rotatable bonds is 5. The van der Waals surface area contributed by atoms with Crippen LogP contribution in [0.15, 0.2) is 21.9 Å². The minimum absolute atomic E-state index is 0.0706. The molecule has 1 fully saturated rings. The van der Waals surface area contributed by atoms with Gasteiger partial charge in [0.2, 0.25) is 5.91 Å². The summed E-state index contributed by atoms with van der Waals surface area (Å²) >= 11 is 0. The Morgan fingerprint density at radius 3 is 2.81 bits per heavy atom. The Bertz CT molecular complexity index is 648. The second kappa shape index (κ2) is 6.38. The summed E-state index contributed by atoms with van der Waals surface area (Å²) in [6.07, 6.45) is 3.50. The molecule has 0 saturated heterocycles. The highest BCUT2D eigenvalue weighted by Gasteiger charge is 2.32. The van der Waals surface area contributed by atoms with Gasteiger partial charge >= 0.3 is 11.7 Å². The van der Waals surface area contributed by atoms with Gasteiger partial charge in [-0.1, -0.05) is 6.42 Å². The fourth-order valence-electron chi connectivity index (χ4n) is 2.63. The highest BCUT2D eigenvalue weighted by molar-refractivity contribution is 5.76. The van der Waals surface area contributed by atoms with Crippen LogP contribution in [0.2, 0.25) is 0 Å². The number of aromatic nitrogens is 2. The minimum atomic E-state index is -0.830. The first kappa shape index (κ1) is 15.0. The molecule has 3 N–H and O–H groups in total. The molecule has 1 aromatic heterocycles. The van der Waals surface area contributed by atoms with Gasteiger partial charge in [0.15, 0.2) is 0 Å². The molecule has 1 aliphatic carbocycles. The molecule has 8 nitrogen and oxygen atoms in total. The Balaban J connectivity index is 1.89. The van der Waals surface area contributed by atoms with Gasteiger partial charge in [-0.25, -0.2) is 4.79 Å². The molecule has 2 rings (SSSR count). The zero-order valence-electron chi connectivity index (χ0n) is 11.4. The maximum Gasteiger partial charge on any atom is 0.328 e. The Morgan fingerprint density at radius 2 is 2.14 bits per heavy atom. The second-order valence-corrected chi connectivity index (χ2v) is 5.18. The summed E-state index contributed by atoms with van der Waals surface area (Å²) in [6, 6.07) is 1.16. The largest absolute Gasteiger partial charge is 0.481 e. The van der Waals surface area contributed by atoms with Gasteiger partial charge in [-0.3, -0.25) is 23.9 Å². The molecule has 1 saturated carbocycles. The second-order valence-electron chi connectivity index (χ2n) is 5.18. The van der Waals surface area contributed by atoms with Crippen molar-refractivity contribution in [3.05, 3.63) is 33.1 Å². The zero-order chi connectivity index (χ0) is 15.4. The molecule has 0 aromatic carbocycles. The van der Waals surface area contributed by atoms with E-state index in [0.29, 0.717) is 6.42 Å². The molecule has 1 heterocycles. The van der Waals surface area contributed by atoms with Crippen molar-refractivity contribution in [3.63, 3.8) is 0 Å². The summed E-state index contributed by atoms with van der Waals surface area (Å²) in [5.74, 6) is -1.70. The predicted octanol–water partition coefficient (Wildman–Crippen LogP) is -0.846. The van der Waals surface area contributed by atoms with Crippen molar-refractivity contribution in [2.24, 2.45) is 11.8 Å². The standard InChI is InChI=1S/C13H17N3O5/c17-10-4-5-16(13(21)15-10)7-11(18)14-6-8-2-1-3-9(8)12(19)20/h4-5,8-9H,1-3,6-7H2,(H,14,18)(H,19,20)(H,15,17,21). The Labute approximate surface area is 119 Å². The Kier molecular flexibility index (Phi) is 4.56. The summed E-state index contributed by atoms with van der Waals surface area (Å²) in [7, 11) is 0. The van der Waals surface area contributed by atoms with Crippen LogP contribution in [0.1, 0.15) is 19.3 Å². The molecule has 1 amide bonds. The first-order valence-electron chi connectivity index (χ1n) is 6.76. The first-order valence-corrected chi connectivity index (χ1v) is 6.76. The quantitative estimate of drug-likeness (QED) is 0.653. The van der Waals surface area contributed by atoms with Gasteiger partial charge in [0, 0.05) is 18.8 Å². The molecule has 0 spiro atoms. The maximum atomic E-state index is 11.8. The molecule has 2 atom stereocenters. The first-order chi connectivity index (χ1) is 9.97. The topological polar surface area (TPSA) is 121 Å². The van der Waals surface area contributed by atoms with Gasteiger partial charge in [-0.05, 0) is 18.8 Å². The van der Waals surface area contributed by atoms with E-state index < -0.39 is 23.1 Å². The smallest absolute Gasteiger partial charge is 0.328 e. The van der Waals surface area contributed by atoms with Gasteiger partial charge in [-0.15, -0.1) is 0 Å². The van der Waals surface area contributed by atoms with Gasteiger partial charge in [0.25, 0.3) is 5.56 Å². The fourth-order valence-corrected chi connectivity index (χ4v) is 2.63. The van der Waals surface area contributed by atoms with Crippen LogP contribution >= 0.6 is 0 Å². The molecule has 0 aliphatic heterocycles. The van der Waals surface area contributed by atoms with Crippen LogP contribution in [0, 0.1) is 11.8 Å². The summed E-state index contributed by atoms with van der Waals surface area (Å²) in [4.78, 5) is 47.2. The van der Waals surface area contributed by atoms with Crippen molar-refractivity contribution in [2.75, 3.05) is 6.54 Å². The lowest BCUT2D eigenvalue weighted by molar-refractivity contribution is -0.143. The number of nitrogens with one attached hydrogen (secondary N) is 2.